The SMILES string of the molecule is O=S(=O)(NC[B-](F)(F)F)c1cccc(Br)c1. The molecule has 0 radical (unpaired) electrons. The van der Waals surface area contributed by atoms with Crippen molar-refractivity contribution in [1.82, 2.24) is 4.72 Å². The van der Waals surface area contributed by atoms with Crippen LogP contribution in [-0.4, -0.2) is 21.8 Å². The number of benzene rings is 1. The largest absolute Gasteiger partial charge is 0.492 e. The van der Waals surface area contributed by atoms with Gasteiger partial charge in [-0.15, -0.1) is 0 Å². The predicted octanol–water partition coefficient (Wildman–Crippen LogP) is 2.11. The van der Waals surface area contributed by atoms with E-state index in [0.29, 0.717) is 4.47 Å². The summed E-state index contributed by atoms with van der Waals surface area (Å²) in [6, 6.07) is 5.45. The first-order chi connectivity index (χ1) is 7.21. The van der Waals surface area contributed by atoms with Gasteiger partial charge in [0.1, 0.15) is 0 Å². The van der Waals surface area contributed by atoms with Crippen LogP contribution in [0.25, 0.3) is 0 Å². The molecule has 90 valence electrons. The zero-order valence-electron chi connectivity index (χ0n) is 7.83. The summed E-state index contributed by atoms with van der Waals surface area (Å²) in [4.78, 5) is -0.207. The summed E-state index contributed by atoms with van der Waals surface area (Å²) >= 11 is 3.03. The Hall–Kier alpha value is -0.535. The van der Waals surface area contributed by atoms with Crippen molar-refractivity contribution >= 4 is 32.9 Å². The van der Waals surface area contributed by atoms with Crippen molar-refractivity contribution in [2.24, 2.45) is 0 Å². The highest BCUT2D eigenvalue weighted by Gasteiger charge is 2.26. The van der Waals surface area contributed by atoms with Gasteiger partial charge in [0.15, 0.2) is 0 Å². The Morgan fingerprint density at radius 3 is 2.44 bits per heavy atom. The minimum absolute atomic E-state index is 0.207. The third-order valence-corrected chi connectivity index (χ3v) is 3.53. The standard InChI is InChI=1S/C7H7BBrF3NO2S/c9-6-2-1-3-7(4-6)16(14,15)13-5-8(10,11)12/h1-4,13H,5H2/q-1. The van der Waals surface area contributed by atoms with E-state index in [0.717, 1.165) is 0 Å². The van der Waals surface area contributed by atoms with E-state index in [9.17, 15) is 21.4 Å². The normalized spacial score (nSPS) is 12.8. The second kappa shape index (κ2) is 4.76. The van der Waals surface area contributed by atoms with Gasteiger partial charge in [-0.1, -0.05) is 22.0 Å². The van der Waals surface area contributed by atoms with E-state index in [4.69, 9.17) is 0 Å². The number of nitrogens with one attached hydrogen (secondary N) is 1. The topological polar surface area (TPSA) is 46.2 Å². The highest BCUT2D eigenvalue weighted by atomic mass is 79.9. The third-order valence-electron chi connectivity index (χ3n) is 1.61. The van der Waals surface area contributed by atoms with Crippen LogP contribution in [0.2, 0.25) is 0 Å². The van der Waals surface area contributed by atoms with Crippen molar-refractivity contribution in [1.29, 1.82) is 0 Å². The summed E-state index contributed by atoms with van der Waals surface area (Å²) in [5.41, 5.74) is 0. The molecule has 0 heterocycles. The molecule has 16 heavy (non-hydrogen) atoms. The lowest BCUT2D eigenvalue weighted by Crippen LogP contribution is -2.37. The van der Waals surface area contributed by atoms with E-state index < -0.39 is 23.4 Å². The molecule has 0 aliphatic rings. The average molecular weight is 317 g/mol. The Morgan fingerprint density at radius 1 is 1.31 bits per heavy atom. The third kappa shape index (κ3) is 4.15. The average Bonchev–Trinajstić information content (AvgIpc) is 2.14. The van der Waals surface area contributed by atoms with Crippen LogP contribution < -0.4 is 4.72 Å². The molecular weight excluding hydrogens is 310 g/mol. The van der Waals surface area contributed by atoms with E-state index in [-0.39, 0.29) is 4.90 Å². The van der Waals surface area contributed by atoms with Crippen LogP contribution in [0.4, 0.5) is 12.9 Å². The monoisotopic (exact) mass is 316 g/mol. The highest BCUT2D eigenvalue weighted by molar-refractivity contribution is 9.10. The molecule has 1 aromatic carbocycles. The summed E-state index contributed by atoms with van der Waals surface area (Å²) in [7, 11) is -4.10. The summed E-state index contributed by atoms with van der Waals surface area (Å²) in [6.45, 7) is -5.18. The smallest absolute Gasteiger partial charge is 0.448 e. The molecule has 0 spiro atoms. The molecule has 0 aromatic heterocycles. The molecular formula is C7H7BBrF3NO2S-. The summed E-state index contributed by atoms with van der Waals surface area (Å²) in [5, 5.41) is 0. The lowest BCUT2D eigenvalue weighted by atomic mass is 9.93. The fourth-order valence-electron chi connectivity index (χ4n) is 0.922. The molecule has 0 atom stereocenters. The maximum absolute atomic E-state index is 11.9. The van der Waals surface area contributed by atoms with Gasteiger partial charge in [0, 0.05) is 4.47 Å². The van der Waals surface area contributed by atoms with Crippen molar-refractivity contribution in [3.05, 3.63) is 28.7 Å². The number of hydrogen-bond acceptors (Lipinski definition) is 2. The Kier molecular flexibility index (Phi) is 4.03. The zero-order valence-corrected chi connectivity index (χ0v) is 10.2. The number of rotatable bonds is 4. The van der Waals surface area contributed by atoms with Gasteiger partial charge in [-0.25, -0.2) is 13.1 Å². The first-order valence-electron chi connectivity index (χ1n) is 4.17. The molecule has 9 heteroatoms. The minimum atomic E-state index is -5.18. The van der Waals surface area contributed by atoms with Crippen LogP contribution in [0.3, 0.4) is 0 Å². The Morgan fingerprint density at radius 2 is 1.94 bits per heavy atom. The van der Waals surface area contributed by atoms with Gasteiger partial charge < -0.3 is 12.9 Å². The van der Waals surface area contributed by atoms with Crippen molar-refractivity contribution in [3.63, 3.8) is 0 Å². The molecule has 0 saturated heterocycles. The Bertz CT molecular complexity index is 477. The quantitative estimate of drug-likeness (QED) is 0.865. The summed E-state index contributed by atoms with van der Waals surface area (Å²) < 4.78 is 60.5. The van der Waals surface area contributed by atoms with Gasteiger partial charge in [0.05, 0.1) is 4.90 Å². The van der Waals surface area contributed by atoms with Gasteiger partial charge in [-0.05, 0) is 24.6 Å². The van der Waals surface area contributed by atoms with Gasteiger partial charge in [-0.3, -0.25) is 0 Å². The molecule has 0 saturated carbocycles. The van der Waals surface area contributed by atoms with E-state index in [1.54, 1.807) is 6.07 Å². The number of hydrogen-bond donors (Lipinski definition) is 1. The fourth-order valence-corrected chi connectivity index (χ4v) is 2.59. The maximum Gasteiger partial charge on any atom is 0.492 e. The molecule has 0 unspecified atom stereocenters. The van der Waals surface area contributed by atoms with Crippen LogP contribution >= 0.6 is 15.9 Å². The summed E-state index contributed by atoms with van der Waals surface area (Å²) in [6.07, 6.45) is -1.52. The van der Waals surface area contributed by atoms with Crippen LogP contribution in [0.15, 0.2) is 33.6 Å². The van der Waals surface area contributed by atoms with E-state index >= 15 is 0 Å². The molecule has 1 rings (SSSR count). The second-order valence-corrected chi connectivity index (χ2v) is 5.70. The van der Waals surface area contributed by atoms with Crippen molar-refractivity contribution in [3.8, 4) is 0 Å². The van der Waals surface area contributed by atoms with Gasteiger partial charge in [0.2, 0.25) is 10.0 Å². The molecule has 1 aromatic rings. The molecule has 1 N–H and O–H groups in total. The van der Waals surface area contributed by atoms with Crippen molar-refractivity contribution in [2.45, 2.75) is 4.90 Å². The van der Waals surface area contributed by atoms with E-state index in [1.807, 2.05) is 0 Å². The number of halogens is 4. The maximum atomic E-state index is 11.9. The first kappa shape index (κ1) is 13.5. The van der Waals surface area contributed by atoms with E-state index in [1.165, 1.54) is 22.9 Å². The minimum Gasteiger partial charge on any atom is -0.448 e. The van der Waals surface area contributed by atoms with Crippen molar-refractivity contribution in [2.75, 3.05) is 6.44 Å². The Balaban J connectivity index is 2.87. The first-order valence-corrected chi connectivity index (χ1v) is 6.44. The molecule has 0 bridgehead atoms. The van der Waals surface area contributed by atoms with Gasteiger partial charge >= 0.3 is 6.98 Å². The lowest BCUT2D eigenvalue weighted by Gasteiger charge is -2.14. The highest BCUT2D eigenvalue weighted by Crippen LogP contribution is 2.16. The molecule has 0 aliphatic carbocycles. The van der Waals surface area contributed by atoms with Crippen LogP contribution in [0.1, 0.15) is 0 Å². The van der Waals surface area contributed by atoms with Gasteiger partial charge in [0.25, 0.3) is 0 Å². The molecule has 0 amide bonds. The molecule has 0 aliphatic heterocycles. The van der Waals surface area contributed by atoms with Crippen LogP contribution in [0.5, 0.6) is 0 Å². The summed E-state index contributed by atoms with van der Waals surface area (Å²) in [5.74, 6) is 0. The number of sulfonamides is 1. The van der Waals surface area contributed by atoms with Crippen LogP contribution in [-0.2, 0) is 10.0 Å². The van der Waals surface area contributed by atoms with Crippen molar-refractivity contribution < 1.29 is 21.4 Å². The molecule has 0 fully saturated rings. The second-order valence-electron chi connectivity index (χ2n) is 3.02. The van der Waals surface area contributed by atoms with Gasteiger partial charge in [-0.2, -0.15) is 0 Å². The zero-order chi connectivity index (χ0) is 12.4. The fraction of sp³-hybridized carbons (Fsp3) is 0.143. The Labute approximate surface area is 99.3 Å². The lowest BCUT2D eigenvalue weighted by molar-refractivity contribution is 0.465. The predicted molar refractivity (Wildman–Crippen MR) is 58.4 cm³/mol. The van der Waals surface area contributed by atoms with Crippen LogP contribution in [0, 0.1) is 0 Å². The molecule has 3 nitrogen and oxygen atoms in total. The van der Waals surface area contributed by atoms with E-state index in [2.05, 4.69) is 15.9 Å².